The van der Waals surface area contributed by atoms with Gasteiger partial charge in [-0.3, -0.25) is 14.8 Å². The molecule has 3 saturated heterocycles. The molecule has 29 heavy (non-hydrogen) atoms. The van der Waals surface area contributed by atoms with Crippen molar-refractivity contribution in [1.29, 1.82) is 0 Å². The minimum absolute atomic E-state index is 0.131. The largest absolute Gasteiger partial charge is 0.330 e. The summed E-state index contributed by atoms with van der Waals surface area (Å²) in [4.78, 5) is 18.4. The summed E-state index contributed by atoms with van der Waals surface area (Å²) in [5.41, 5.74) is 3.25. The number of likely N-dealkylation sites (tertiary alicyclic amines) is 1. The van der Waals surface area contributed by atoms with Crippen LogP contribution in [0.1, 0.15) is 75.0 Å². The lowest BCUT2D eigenvalue weighted by Gasteiger charge is -2.54. The van der Waals surface area contributed by atoms with E-state index in [2.05, 4.69) is 39.9 Å². The highest BCUT2D eigenvalue weighted by Crippen LogP contribution is 2.45. The number of nitrogens with one attached hydrogen (secondary N) is 1. The number of hydrogen-bond acceptors (Lipinski definition) is 3. The topological polar surface area (TPSA) is 52.2 Å². The van der Waals surface area contributed by atoms with Crippen molar-refractivity contribution in [2.45, 2.75) is 77.3 Å². The van der Waals surface area contributed by atoms with Crippen molar-refractivity contribution in [2.24, 2.45) is 17.8 Å². The molecule has 0 saturated carbocycles. The summed E-state index contributed by atoms with van der Waals surface area (Å²) in [7, 11) is 0. The third kappa shape index (κ3) is 3.67. The number of fused-ring (bicyclic) bond motifs is 6. The van der Waals surface area contributed by atoms with Gasteiger partial charge >= 0.3 is 0 Å². The van der Waals surface area contributed by atoms with Crippen molar-refractivity contribution in [3.8, 4) is 0 Å². The van der Waals surface area contributed by atoms with E-state index in [0.717, 1.165) is 37.5 Å². The zero-order chi connectivity index (χ0) is 20.0. The molecule has 1 amide bonds. The van der Waals surface area contributed by atoms with Crippen LogP contribution in [0, 0.1) is 17.8 Å². The van der Waals surface area contributed by atoms with Crippen LogP contribution in [0.3, 0.4) is 0 Å². The third-order valence-electron chi connectivity index (χ3n) is 7.76. The summed E-state index contributed by atoms with van der Waals surface area (Å²) in [6.07, 6.45) is 12.3. The first-order chi connectivity index (χ1) is 14.1. The predicted molar refractivity (Wildman–Crippen MR) is 115 cm³/mol. The lowest BCUT2D eigenvalue weighted by atomic mass is 9.68. The number of nitrogens with zero attached hydrogens (tertiary/aromatic N) is 3. The van der Waals surface area contributed by atoms with E-state index in [4.69, 9.17) is 0 Å². The van der Waals surface area contributed by atoms with Gasteiger partial charge in [0.1, 0.15) is 5.69 Å². The van der Waals surface area contributed by atoms with Crippen LogP contribution >= 0.6 is 0 Å². The van der Waals surface area contributed by atoms with Crippen LogP contribution in [0.4, 0.5) is 0 Å². The van der Waals surface area contributed by atoms with Crippen LogP contribution in [0.5, 0.6) is 0 Å². The van der Waals surface area contributed by atoms with E-state index in [1.165, 1.54) is 45.2 Å². The molecule has 5 rings (SSSR count). The molecule has 1 aromatic heterocycles. The van der Waals surface area contributed by atoms with Crippen molar-refractivity contribution in [2.75, 3.05) is 19.6 Å². The van der Waals surface area contributed by atoms with Crippen molar-refractivity contribution >= 4 is 5.91 Å². The first-order valence-electron chi connectivity index (χ1n) is 11.9. The molecule has 0 radical (unpaired) electrons. The van der Waals surface area contributed by atoms with Gasteiger partial charge in [-0.15, -0.1) is 0 Å². The number of amides is 1. The molecule has 0 spiro atoms. The summed E-state index contributed by atoms with van der Waals surface area (Å²) in [5, 5.41) is 7.52. The molecule has 1 aliphatic carbocycles. The first kappa shape index (κ1) is 19.3. The maximum Gasteiger partial charge on any atom is 0.274 e. The fourth-order valence-corrected chi connectivity index (χ4v) is 6.39. The number of hydrogen-bond donors (Lipinski definition) is 1. The molecule has 0 aromatic carbocycles. The van der Waals surface area contributed by atoms with Gasteiger partial charge in [-0.2, -0.15) is 5.10 Å². The second kappa shape index (κ2) is 7.90. The van der Waals surface area contributed by atoms with E-state index in [9.17, 15) is 4.79 Å². The third-order valence-corrected chi connectivity index (χ3v) is 7.76. The molecule has 1 N–H and O–H groups in total. The molecule has 0 unspecified atom stereocenters. The average molecular weight is 397 g/mol. The van der Waals surface area contributed by atoms with Gasteiger partial charge < -0.3 is 4.90 Å². The highest BCUT2D eigenvalue weighted by molar-refractivity contribution is 5.93. The standard InChI is InChI=1S/C24H36N4O/c1-16(2)8-9-20-14-21(26-25-20)24(29)28-11-5-6-17-12-18-13-19(23(17)28)15-27-10-4-3-7-22(18)27/h12,14,16,18-19,22-23H,3-11,13,15H2,1-2H3,(H,25,26)/t18-,19-,22+,23-/m0/s1. The summed E-state index contributed by atoms with van der Waals surface area (Å²) in [6.45, 7) is 7.77. The Balaban J connectivity index is 1.36. The Kier molecular flexibility index (Phi) is 5.27. The Morgan fingerprint density at radius 1 is 1.28 bits per heavy atom. The zero-order valence-corrected chi connectivity index (χ0v) is 18.1. The second-order valence-electron chi connectivity index (χ2n) is 10.2. The molecule has 5 nitrogen and oxygen atoms in total. The minimum atomic E-state index is 0.131. The van der Waals surface area contributed by atoms with Crippen molar-refractivity contribution in [3.63, 3.8) is 0 Å². The Morgan fingerprint density at radius 3 is 3.03 bits per heavy atom. The van der Waals surface area contributed by atoms with Crippen molar-refractivity contribution < 1.29 is 4.79 Å². The molecular formula is C24H36N4O. The molecule has 3 aliphatic heterocycles. The van der Waals surface area contributed by atoms with Gasteiger partial charge in [-0.25, -0.2) is 0 Å². The number of carbonyl (C=O) groups excluding carboxylic acids is 1. The summed E-state index contributed by atoms with van der Waals surface area (Å²) in [6, 6.07) is 3.05. The van der Waals surface area contributed by atoms with Gasteiger partial charge in [0, 0.05) is 24.8 Å². The number of carbonyl (C=O) groups is 1. The fraction of sp³-hybridized carbons (Fsp3) is 0.750. The van der Waals surface area contributed by atoms with Gasteiger partial charge in [0.15, 0.2) is 0 Å². The number of rotatable bonds is 4. The molecule has 4 heterocycles. The molecule has 2 bridgehead atoms. The summed E-state index contributed by atoms with van der Waals surface area (Å²) < 4.78 is 0. The number of piperidine rings is 3. The van der Waals surface area contributed by atoms with E-state index in [1.54, 1.807) is 5.57 Å². The second-order valence-corrected chi connectivity index (χ2v) is 10.2. The van der Waals surface area contributed by atoms with Gasteiger partial charge in [0.05, 0.1) is 6.04 Å². The van der Waals surface area contributed by atoms with Crippen LogP contribution in [0.2, 0.25) is 0 Å². The van der Waals surface area contributed by atoms with Crippen LogP contribution in [-0.4, -0.2) is 57.6 Å². The molecule has 3 fully saturated rings. The number of aryl methyl sites for hydroxylation is 1. The molecule has 4 aliphatic rings. The van der Waals surface area contributed by atoms with Crippen LogP contribution in [0.15, 0.2) is 17.7 Å². The Morgan fingerprint density at radius 2 is 2.17 bits per heavy atom. The number of aromatic nitrogens is 2. The maximum absolute atomic E-state index is 13.5. The zero-order valence-electron chi connectivity index (χ0n) is 18.1. The van der Waals surface area contributed by atoms with Crippen molar-refractivity contribution in [1.82, 2.24) is 20.0 Å². The Hall–Kier alpha value is -1.62. The maximum atomic E-state index is 13.5. The Bertz CT molecular complexity index is 782. The van der Waals surface area contributed by atoms with E-state index < -0.39 is 0 Å². The lowest BCUT2D eigenvalue weighted by molar-refractivity contribution is 0.00131. The number of H-pyrrole nitrogens is 1. The van der Waals surface area contributed by atoms with Gasteiger partial charge in [-0.1, -0.05) is 31.9 Å². The quantitative estimate of drug-likeness (QED) is 0.782. The minimum Gasteiger partial charge on any atom is -0.330 e. The van der Waals surface area contributed by atoms with Crippen LogP contribution in [-0.2, 0) is 6.42 Å². The van der Waals surface area contributed by atoms with E-state index in [1.807, 2.05) is 6.07 Å². The van der Waals surface area contributed by atoms with E-state index in [0.29, 0.717) is 29.5 Å². The van der Waals surface area contributed by atoms with Gasteiger partial charge in [0.25, 0.3) is 5.91 Å². The summed E-state index contributed by atoms with van der Waals surface area (Å²) in [5.74, 6) is 2.10. The monoisotopic (exact) mass is 396 g/mol. The first-order valence-corrected chi connectivity index (χ1v) is 11.9. The Labute approximate surface area is 174 Å². The SMILES string of the molecule is CC(C)CCc1cc(C(=O)N2CCCC3=C[C@H]4C[C@@H](CN5CCCC[C@H]45)[C@H]32)n[nH]1. The number of aromatic amines is 1. The van der Waals surface area contributed by atoms with Crippen LogP contribution in [0.25, 0.3) is 0 Å². The molecule has 158 valence electrons. The van der Waals surface area contributed by atoms with Crippen LogP contribution < -0.4 is 0 Å². The van der Waals surface area contributed by atoms with Crippen molar-refractivity contribution in [3.05, 3.63) is 29.1 Å². The molecule has 5 heteroatoms. The highest BCUT2D eigenvalue weighted by atomic mass is 16.2. The average Bonchev–Trinajstić information content (AvgIpc) is 3.20. The predicted octanol–water partition coefficient (Wildman–Crippen LogP) is 4.03. The normalized spacial score (nSPS) is 32.0. The molecule has 1 aromatic rings. The van der Waals surface area contributed by atoms with Gasteiger partial charge in [0.2, 0.25) is 0 Å². The summed E-state index contributed by atoms with van der Waals surface area (Å²) >= 11 is 0. The highest BCUT2D eigenvalue weighted by Gasteiger charge is 2.47. The smallest absolute Gasteiger partial charge is 0.274 e. The lowest BCUT2D eigenvalue weighted by Crippen LogP contribution is -2.60. The molecule has 4 atom stereocenters. The molecular weight excluding hydrogens is 360 g/mol. The van der Waals surface area contributed by atoms with Gasteiger partial charge in [-0.05, 0) is 75.3 Å². The van der Waals surface area contributed by atoms with E-state index >= 15 is 0 Å². The van der Waals surface area contributed by atoms with E-state index in [-0.39, 0.29) is 5.91 Å². The fourth-order valence-electron chi connectivity index (χ4n) is 6.39.